The van der Waals surface area contributed by atoms with E-state index in [1.165, 1.54) is 0 Å². The second-order valence-corrected chi connectivity index (χ2v) is 4.18. The summed E-state index contributed by atoms with van der Waals surface area (Å²) >= 11 is 0. The molecule has 2 aliphatic heterocycles. The van der Waals surface area contributed by atoms with Crippen molar-refractivity contribution in [2.45, 2.75) is 31.7 Å². The quantitative estimate of drug-likeness (QED) is 0.679. The minimum Gasteiger partial charge on any atom is -0.352 e. The van der Waals surface area contributed by atoms with E-state index in [2.05, 4.69) is 10.6 Å². The van der Waals surface area contributed by atoms with Gasteiger partial charge in [0.05, 0.1) is 0 Å². The van der Waals surface area contributed by atoms with Gasteiger partial charge in [-0.1, -0.05) is 0 Å². The summed E-state index contributed by atoms with van der Waals surface area (Å²) in [7, 11) is 0. The summed E-state index contributed by atoms with van der Waals surface area (Å²) in [4.78, 5) is 24.3. The van der Waals surface area contributed by atoms with Crippen LogP contribution in [-0.4, -0.2) is 42.5 Å². The Morgan fingerprint density at radius 3 is 2.80 bits per heavy atom. The van der Waals surface area contributed by atoms with Gasteiger partial charge in [-0.2, -0.15) is 0 Å². The minimum absolute atomic E-state index is 0.00801. The molecule has 3 amide bonds. The first-order chi connectivity index (χ1) is 7.25. The number of carbonyl (C=O) groups is 2. The molecule has 5 nitrogen and oxygen atoms in total. The number of hydrogen-bond donors (Lipinski definition) is 2. The van der Waals surface area contributed by atoms with Crippen LogP contribution >= 0.6 is 0 Å². The number of carbonyl (C=O) groups excluding carboxylic acids is 2. The second kappa shape index (κ2) is 4.51. The molecule has 84 valence electrons. The largest absolute Gasteiger partial charge is 0.352 e. The van der Waals surface area contributed by atoms with E-state index in [1.807, 2.05) is 4.90 Å². The van der Waals surface area contributed by atoms with Crippen molar-refractivity contribution in [1.29, 1.82) is 0 Å². The molecule has 2 N–H and O–H groups in total. The molecular formula is C10H17N3O2. The summed E-state index contributed by atoms with van der Waals surface area (Å²) in [5, 5.41) is 5.69. The highest BCUT2D eigenvalue weighted by Crippen LogP contribution is 2.08. The van der Waals surface area contributed by atoms with Crippen LogP contribution in [-0.2, 0) is 4.79 Å². The first-order valence-corrected chi connectivity index (χ1v) is 5.58. The van der Waals surface area contributed by atoms with E-state index in [4.69, 9.17) is 0 Å². The van der Waals surface area contributed by atoms with Gasteiger partial charge >= 0.3 is 6.03 Å². The van der Waals surface area contributed by atoms with Crippen LogP contribution in [0.25, 0.3) is 0 Å². The third kappa shape index (κ3) is 2.61. The van der Waals surface area contributed by atoms with Crippen molar-refractivity contribution in [3.8, 4) is 0 Å². The Balaban J connectivity index is 1.68. The maximum Gasteiger partial charge on any atom is 0.317 e. The summed E-state index contributed by atoms with van der Waals surface area (Å²) < 4.78 is 0. The lowest BCUT2D eigenvalue weighted by Crippen LogP contribution is -2.44. The molecule has 2 heterocycles. The first-order valence-electron chi connectivity index (χ1n) is 5.58. The summed E-state index contributed by atoms with van der Waals surface area (Å²) in [6.45, 7) is 2.28. The van der Waals surface area contributed by atoms with Gasteiger partial charge in [-0.05, 0) is 19.3 Å². The summed E-state index contributed by atoms with van der Waals surface area (Å²) in [5.74, 6) is 0.0930. The molecule has 5 heteroatoms. The van der Waals surface area contributed by atoms with E-state index in [9.17, 15) is 9.59 Å². The Bertz CT molecular complexity index is 261. The van der Waals surface area contributed by atoms with Gasteiger partial charge in [0, 0.05) is 32.1 Å². The van der Waals surface area contributed by atoms with Crippen LogP contribution in [0.3, 0.4) is 0 Å². The van der Waals surface area contributed by atoms with Crippen LogP contribution in [0, 0.1) is 0 Å². The van der Waals surface area contributed by atoms with E-state index in [0.29, 0.717) is 13.0 Å². The lowest BCUT2D eigenvalue weighted by Gasteiger charge is -2.18. The maximum absolute atomic E-state index is 11.6. The van der Waals surface area contributed by atoms with Crippen LogP contribution in [0.4, 0.5) is 4.79 Å². The van der Waals surface area contributed by atoms with Crippen molar-refractivity contribution in [3.05, 3.63) is 0 Å². The number of amides is 3. The second-order valence-electron chi connectivity index (χ2n) is 4.18. The van der Waals surface area contributed by atoms with E-state index in [-0.39, 0.29) is 18.0 Å². The zero-order valence-electron chi connectivity index (χ0n) is 8.79. The molecule has 0 radical (unpaired) electrons. The van der Waals surface area contributed by atoms with E-state index >= 15 is 0 Å². The van der Waals surface area contributed by atoms with E-state index in [1.54, 1.807) is 0 Å². The molecule has 0 aromatic heterocycles. The Kier molecular flexibility index (Phi) is 3.08. The van der Waals surface area contributed by atoms with Gasteiger partial charge in [0.25, 0.3) is 0 Å². The van der Waals surface area contributed by atoms with Crippen LogP contribution in [0.1, 0.15) is 25.7 Å². The fourth-order valence-electron chi connectivity index (χ4n) is 2.07. The molecule has 0 aromatic rings. The smallest absolute Gasteiger partial charge is 0.317 e. The van der Waals surface area contributed by atoms with Gasteiger partial charge in [-0.15, -0.1) is 0 Å². The molecule has 2 fully saturated rings. The van der Waals surface area contributed by atoms with Crippen molar-refractivity contribution >= 4 is 11.9 Å². The molecule has 0 aliphatic carbocycles. The zero-order chi connectivity index (χ0) is 10.7. The van der Waals surface area contributed by atoms with Gasteiger partial charge in [-0.3, -0.25) is 4.79 Å². The number of hydrogen-bond acceptors (Lipinski definition) is 2. The monoisotopic (exact) mass is 211 g/mol. The Morgan fingerprint density at radius 1 is 1.47 bits per heavy atom. The highest BCUT2D eigenvalue weighted by molar-refractivity contribution is 5.79. The van der Waals surface area contributed by atoms with Gasteiger partial charge in [0.2, 0.25) is 5.91 Å². The lowest BCUT2D eigenvalue weighted by atomic mass is 10.2. The molecule has 0 spiro atoms. The predicted octanol–water partition coefficient (Wildman–Crippen LogP) is 0.0704. The average Bonchev–Trinajstić information content (AvgIpc) is 2.84. The van der Waals surface area contributed by atoms with Crippen molar-refractivity contribution in [1.82, 2.24) is 15.5 Å². The highest BCUT2D eigenvalue weighted by Gasteiger charge is 2.23. The molecule has 2 aliphatic rings. The SMILES string of the molecule is O=C1CCC(CNC(=O)N2CCCC2)N1. The van der Waals surface area contributed by atoms with Crippen LogP contribution < -0.4 is 10.6 Å². The lowest BCUT2D eigenvalue weighted by molar-refractivity contribution is -0.119. The summed E-state index contributed by atoms with van der Waals surface area (Å²) in [6.07, 6.45) is 3.63. The van der Waals surface area contributed by atoms with Gasteiger partial charge in [0.15, 0.2) is 0 Å². The van der Waals surface area contributed by atoms with Gasteiger partial charge in [0.1, 0.15) is 0 Å². The highest BCUT2D eigenvalue weighted by atomic mass is 16.2. The number of rotatable bonds is 2. The molecule has 2 rings (SSSR count). The number of urea groups is 1. The van der Waals surface area contributed by atoms with E-state index < -0.39 is 0 Å². The molecule has 15 heavy (non-hydrogen) atoms. The molecule has 0 saturated carbocycles. The zero-order valence-corrected chi connectivity index (χ0v) is 8.79. The number of nitrogens with one attached hydrogen (secondary N) is 2. The number of likely N-dealkylation sites (tertiary alicyclic amines) is 1. The number of nitrogens with zero attached hydrogens (tertiary/aromatic N) is 1. The molecular weight excluding hydrogens is 194 g/mol. The summed E-state index contributed by atoms with van der Waals surface area (Å²) in [6, 6.07) is 0.137. The average molecular weight is 211 g/mol. The van der Waals surface area contributed by atoms with Crippen LogP contribution in [0.5, 0.6) is 0 Å². The molecule has 1 atom stereocenters. The summed E-state index contributed by atoms with van der Waals surface area (Å²) in [5.41, 5.74) is 0. The first kappa shape index (κ1) is 10.3. The van der Waals surface area contributed by atoms with Crippen molar-refractivity contribution in [2.75, 3.05) is 19.6 Å². The van der Waals surface area contributed by atoms with Crippen molar-refractivity contribution in [3.63, 3.8) is 0 Å². The standard InChI is InChI=1S/C10H17N3O2/c14-9-4-3-8(12-9)7-11-10(15)13-5-1-2-6-13/h8H,1-7H2,(H,11,15)(H,12,14). The molecule has 0 bridgehead atoms. The fraction of sp³-hybridized carbons (Fsp3) is 0.800. The normalized spacial score (nSPS) is 25.5. The van der Waals surface area contributed by atoms with Crippen LogP contribution in [0.2, 0.25) is 0 Å². The van der Waals surface area contributed by atoms with Gasteiger partial charge < -0.3 is 15.5 Å². The maximum atomic E-state index is 11.6. The Morgan fingerprint density at radius 2 is 2.20 bits per heavy atom. The molecule has 2 saturated heterocycles. The molecule has 1 unspecified atom stereocenters. The topological polar surface area (TPSA) is 61.4 Å². The van der Waals surface area contributed by atoms with Crippen molar-refractivity contribution < 1.29 is 9.59 Å². The van der Waals surface area contributed by atoms with Crippen molar-refractivity contribution in [2.24, 2.45) is 0 Å². The Labute approximate surface area is 89.2 Å². The molecule has 0 aromatic carbocycles. The Hall–Kier alpha value is -1.26. The third-order valence-corrected chi connectivity index (χ3v) is 2.98. The minimum atomic E-state index is 0.00801. The third-order valence-electron chi connectivity index (χ3n) is 2.98. The van der Waals surface area contributed by atoms with Gasteiger partial charge in [-0.25, -0.2) is 4.79 Å². The fourth-order valence-corrected chi connectivity index (χ4v) is 2.07. The predicted molar refractivity (Wildman–Crippen MR) is 55.4 cm³/mol. The van der Waals surface area contributed by atoms with Crippen LogP contribution in [0.15, 0.2) is 0 Å². The van der Waals surface area contributed by atoms with E-state index in [0.717, 1.165) is 32.4 Å².